The number of hydrogen-bond acceptors (Lipinski definition) is 4. The van der Waals surface area contributed by atoms with E-state index in [2.05, 4.69) is 5.92 Å². The number of fused-ring (bicyclic) bond motifs is 1. The highest BCUT2D eigenvalue weighted by Gasteiger charge is 2.70. The third-order valence-electron chi connectivity index (χ3n) is 5.03. The molecule has 2 bridgehead atoms. The van der Waals surface area contributed by atoms with Gasteiger partial charge in [0.2, 0.25) is 0 Å². The van der Waals surface area contributed by atoms with E-state index in [1.807, 2.05) is 0 Å². The molecule has 1 spiro atoms. The van der Waals surface area contributed by atoms with E-state index in [1.165, 1.54) is 0 Å². The van der Waals surface area contributed by atoms with Crippen molar-refractivity contribution >= 4 is 5.78 Å². The van der Waals surface area contributed by atoms with Crippen LogP contribution in [0.5, 0.6) is 0 Å². The molecule has 0 aromatic heterocycles. The van der Waals surface area contributed by atoms with Crippen molar-refractivity contribution < 1.29 is 19.0 Å². The van der Waals surface area contributed by atoms with E-state index in [0.717, 1.165) is 19.3 Å². The normalized spacial score (nSPS) is 52.4. The van der Waals surface area contributed by atoms with Gasteiger partial charge < -0.3 is 14.2 Å². The largest absolute Gasteiger partial charge is 0.360 e. The van der Waals surface area contributed by atoms with Gasteiger partial charge in [-0.1, -0.05) is 5.92 Å². The molecule has 1 aliphatic carbocycles. The minimum absolute atomic E-state index is 0.0378. The summed E-state index contributed by atoms with van der Waals surface area (Å²) in [6.45, 7) is 0.258. The standard InChI is InChI=1S/C14H16O4/c1-2-6-16-13-11-8-4-3-5-14(8)10(15)7-9(17-13)12(11)18-14/h1,8-9,11-13H,3-7H2/t8-,9+,11-,12-,13-,14-/m0/s1. The van der Waals surface area contributed by atoms with Crippen molar-refractivity contribution in [3.63, 3.8) is 0 Å². The molecule has 96 valence electrons. The van der Waals surface area contributed by atoms with Crippen molar-refractivity contribution in [1.82, 2.24) is 0 Å². The first kappa shape index (κ1) is 11.0. The third kappa shape index (κ3) is 1.15. The van der Waals surface area contributed by atoms with Gasteiger partial charge in [0, 0.05) is 18.3 Å². The Bertz CT molecular complexity index is 440. The summed E-state index contributed by atoms with van der Waals surface area (Å²) in [5.74, 6) is 3.18. The number of carbonyl (C=O) groups is 1. The number of Topliss-reactive ketones (excluding diaryl/α,β-unsaturated/α-hetero) is 1. The van der Waals surface area contributed by atoms with Crippen LogP contribution in [0.4, 0.5) is 0 Å². The zero-order valence-electron chi connectivity index (χ0n) is 10.1. The van der Waals surface area contributed by atoms with Gasteiger partial charge in [-0.05, 0) is 19.3 Å². The maximum atomic E-state index is 12.3. The van der Waals surface area contributed by atoms with E-state index in [4.69, 9.17) is 20.6 Å². The maximum absolute atomic E-state index is 12.3. The molecule has 0 amide bonds. The lowest BCUT2D eigenvalue weighted by Gasteiger charge is -2.35. The van der Waals surface area contributed by atoms with E-state index in [1.54, 1.807) is 0 Å². The van der Waals surface area contributed by atoms with E-state index in [-0.39, 0.29) is 42.7 Å². The monoisotopic (exact) mass is 248 g/mol. The fraction of sp³-hybridized carbons (Fsp3) is 0.786. The van der Waals surface area contributed by atoms with Crippen molar-refractivity contribution in [2.45, 2.75) is 49.8 Å². The third-order valence-corrected chi connectivity index (χ3v) is 5.03. The van der Waals surface area contributed by atoms with Crippen molar-refractivity contribution in [2.75, 3.05) is 6.61 Å². The molecule has 4 rings (SSSR count). The molecule has 0 N–H and O–H groups in total. The Hall–Kier alpha value is -0.890. The van der Waals surface area contributed by atoms with Crippen LogP contribution >= 0.6 is 0 Å². The van der Waals surface area contributed by atoms with E-state index < -0.39 is 5.60 Å². The summed E-state index contributed by atoms with van der Waals surface area (Å²) in [5, 5.41) is 0. The Morgan fingerprint density at radius 1 is 1.56 bits per heavy atom. The van der Waals surface area contributed by atoms with Crippen LogP contribution in [0.3, 0.4) is 0 Å². The summed E-state index contributed by atoms with van der Waals surface area (Å²) >= 11 is 0. The number of ether oxygens (including phenoxy) is 3. The van der Waals surface area contributed by atoms with Gasteiger partial charge in [-0.25, -0.2) is 0 Å². The van der Waals surface area contributed by atoms with Gasteiger partial charge in [0.05, 0.1) is 12.2 Å². The molecule has 0 aromatic carbocycles. The second kappa shape index (κ2) is 3.57. The van der Waals surface area contributed by atoms with Crippen LogP contribution in [0.2, 0.25) is 0 Å². The minimum Gasteiger partial charge on any atom is -0.360 e. The molecule has 0 aromatic rings. The molecule has 4 aliphatic rings. The molecule has 18 heavy (non-hydrogen) atoms. The zero-order chi connectivity index (χ0) is 12.3. The Balaban J connectivity index is 1.68. The number of carbonyl (C=O) groups excluding carboxylic acids is 1. The van der Waals surface area contributed by atoms with Crippen LogP contribution in [-0.4, -0.2) is 36.5 Å². The minimum atomic E-state index is -0.507. The zero-order valence-corrected chi connectivity index (χ0v) is 10.1. The first-order valence-corrected chi connectivity index (χ1v) is 6.68. The molecule has 4 heteroatoms. The number of hydrogen-bond donors (Lipinski definition) is 0. The maximum Gasteiger partial charge on any atom is 0.167 e. The molecule has 6 atom stereocenters. The Morgan fingerprint density at radius 3 is 3.28 bits per heavy atom. The second-order valence-corrected chi connectivity index (χ2v) is 5.73. The summed E-state index contributed by atoms with van der Waals surface area (Å²) in [7, 11) is 0. The van der Waals surface area contributed by atoms with Gasteiger partial charge >= 0.3 is 0 Å². The van der Waals surface area contributed by atoms with Gasteiger partial charge in [-0.15, -0.1) is 6.42 Å². The first-order chi connectivity index (χ1) is 8.76. The number of rotatable bonds is 2. The van der Waals surface area contributed by atoms with Crippen LogP contribution in [0.15, 0.2) is 0 Å². The molecule has 0 radical (unpaired) electrons. The van der Waals surface area contributed by atoms with Crippen LogP contribution in [0, 0.1) is 24.2 Å². The van der Waals surface area contributed by atoms with Gasteiger partial charge in [-0.3, -0.25) is 4.79 Å². The second-order valence-electron chi connectivity index (χ2n) is 5.73. The van der Waals surface area contributed by atoms with Gasteiger partial charge in [0.15, 0.2) is 12.1 Å². The average Bonchev–Trinajstić information content (AvgIpc) is 2.94. The summed E-state index contributed by atoms with van der Waals surface area (Å²) in [6.07, 6.45) is 8.32. The predicted octanol–water partition coefficient (Wildman–Crippen LogP) is 0.888. The molecule has 4 fully saturated rings. The lowest BCUT2D eigenvalue weighted by atomic mass is 9.81. The van der Waals surface area contributed by atoms with Crippen LogP contribution in [0.25, 0.3) is 0 Å². The van der Waals surface area contributed by atoms with Gasteiger partial charge in [0.25, 0.3) is 0 Å². The van der Waals surface area contributed by atoms with Crippen molar-refractivity contribution in [2.24, 2.45) is 11.8 Å². The molecular formula is C14H16O4. The smallest absolute Gasteiger partial charge is 0.167 e. The van der Waals surface area contributed by atoms with Crippen LogP contribution < -0.4 is 0 Å². The summed E-state index contributed by atoms with van der Waals surface area (Å²) in [4.78, 5) is 12.3. The molecular weight excluding hydrogens is 232 g/mol. The topological polar surface area (TPSA) is 44.8 Å². The Kier molecular flexibility index (Phi) is 2.18. The summed E-state index contributed by atoms with van der Waals surface area (Å²) in [6, 6.07) is 0. The summed E-state index contributed by atoms with van der Waals surface area (Å²) in [5.41, 5.74) is -0.507. The van der Waals surface area contributed by atoms with Gasteiger partial charge in [-0.2, -0.15) is 0 Å². The molecule has 3 saturated heterocycles. The lowest BCUT2D eigenvalue weighted by Crippen LogP contribution is -2.49. The van der Waals surface area contributed by atoms with Crippen molar-refractivity contribution in [3.8, 4) is 12.3 Å². The SMILES string of the molecule is C#CCO[C@H]1O[C@@H]2CC(=O)[C@]34CCC[C@H]3[C@H]1[C@H]2O4. The Labute approximate surface area is 106 Å². The van der Waals surface area contributed by atoms with E-state index >= 15 is 0 Å². The molecule has 3 heterocycles. The fourth-order valence-electron chi connectivity index (χ4n) is 4.42. The molecule has 0 unspecified atom stereocenters. The number of terminal acetylenes is 1. The van der Waals surface area contributed by atoms with Crippen LogP contribution in [-0.2, 0) is 19.0 Å². The van der Waals surface area contributed by atoms with E-state index in [0.29, 0.717) is 6.42 Å². The van der Waals surface area contributed by atoms with Crippen molar-refractivity contribution in [3.05, 3.63) is 0 Å². The lowest BCUT2D eigenvalue weighted by molar-refractivity contribution is -0.192. The highest BCUT2D eigenvalue weighted by molar-refractivity contribution is 5.90. The molecule has 1 saturated carbocycles. The number of ketones is 1. The highest BCUT2D eigenvalue weighted by atomic mass is 16.7. The first-order valence-electron chi connectivity index (χ1n) is 6.68. The Morgan fingerprint density at radius 2 is 2.44 bits per heavy atom. The average molecular weight is 248 g/mol. The summed E-state index contributed by atoms with van der Waals surface area (Å²) < 4.78 is 17.6. The van der Waals surface area contributed by atoms with Gasteiger partial charge in [0.1, 0.15) is 12.2 Å². The molecule has 4 nitrogen and oxygen atoms in total. The predicted molar refractivity (Wildman–Crippen MR) is 61.5 cm³/mol. The highest BCUT2D eigenvalue weighted by Crippen LogP contribution is 2.60. The van der Waals surface area contributed by atoms with Crippen molar-refractivity contribution in [1.29, 1.82) is 0 Å². The van der Waals surface area contributed by atoms with E-state index in [9.17, 15) is 4.79 Å². The fourth-order valence-corrected chi connectivity index (χ4v) is 4.42. The quantitative estimate of drug-likeness (QED) is 0.681. The van der Waals surface area contributed by atoms with Crippen LogP contribution in [0.1, 0.15) is 25.7 Å². The molecule has 3 aliphatic heterocycles.